The van der Waals surface area contributed by atoms with Crippen LogP contribution < -0.4 is 0 Å². The van der Waals surface area contributed by atoms with Crippen LogP contribution in [0.25, 0.3) is 0 Å². The molecule has 0 fully saturated rings. The van der Waals surface area contributed by atoms with E-state index in [0.29, 0.717) is 0 Å². The van der Waals surface area contributed by atoms with E-state index >= 15 is 0 Å². The highest BCUT2D eigenvalue weighted by molar-refractivity contribution is 7.86. The molecule has 0 aliphatic heterocycles. The van der Waals surface area contributed by atoms with Crippen LogP contribution in [-0.2, 0) is 19.1 Å². The predicted octanol–water partition coefficient (Wildman–Crippen LogP) is -0.356. The zero-order valence-corrected chi connectivity index (χ0v) is 6.38. The van der Waals surface area contributed by atoms with E-state index in [-0.39, 0.29) is 0 Å². The molecule has 6 heteroatoms. The molecule has 0 radical (unpaired) electrons. The molecule has 0 aliphatic rings. The Labute approximate surface area is 58.8 Å². The Morgan fingerprint density at radius 1 is 1.60 bits per heavy atom. The first-order valence-electron chi connectivity index (χ1n) is 2.41. The smallest absolute Gasteiger partial charge is 0.243 e. The number of rotatable bonds is 3. The lowest BCUT2D eigenvalue weighted by atomic mass is 10.7. The van der Waals surface area contributed by atoms with Gasteiger partial charge in [-0.15, -0.1) is 0 Å². The third-order valence-electron chi connectivity index (χ3n) is 0.549. The molecule has 1 atom stereocenters. The van der Waals surface area contributed by atoms with Gasteiger partial charge >= 0.3 is 0 Å². The minimum Gasteiger partial charge on any atom is -0.243 e. The first-order valence-corrected chi connectivity index (χ1v) is 4.22. The van der Waals surface area contributed by atoms with Crippen molar-refractivity contribution < 1.29 is 17.4 Å². The lowest BCUT2D eigenvalue weighted by Gasteiger charge is -2.01. The summed E-state index contributed by atoms with van der Waals surface area (Å²) in [6, 6.07) is 0. The molecule has 0 aromatic rings. The van der Waals surface area contributed by atoms with Gasteiger partial charge in [0, 0.05) is 0 Å². The quantitative estimate of drug-likeness (QED) is 0.325. The van der Waals surface area contributed by atoms with Gasteiger partial charge in [0.15, 0.2) is 6.23 Å². The molecule has 1 unspecified atom stereocenters. The number of carbonyl (C=O) groups excluding carboxylic acids is 1. The largest absolute Gasteiger partial charge is 0.266 e. The SMILES string of the molecule is CC(N=C=O)OS(C)(=O)=O. The van der Waals surface area contributed by atoms with E-state index in [9.17, 15) is 13.2 Å². The lowest BCUT2D eigenvalue weighted by Crippen LogP contribution is -2.11. The van der Waals surface area contributed by atoms with E-state index < -0.39 is 16.3 Å². The number of isocyanates is 1. The van der Waals surface area contributed by atoms with Crippen molar-refractivity contribution in [1.29, 1.82) is 0 Å². The predicted molar refractivity (Wildman–Crippen MR) is 33.5 cm³/mol. The van der Waals surface area contributed by atoms with Crippen LogP contribution in [0.15, 0.2) is 4.99 Å². The van der Waals surface area contributed by atoms with Crippen molar-refractivity contribution in [3.63, 3.8) is 0 Å². The Balaban J connectivity index is 4.05. The van der Waals surface area contributed by atoms with Crippen LogP contribution in [0.2, 0.25) is 0 Å². The Morgan fingerprint density at radius 2 is 2.10 bits per heavy atom. The fraction of sp³-hybridized carbons (Fsp3) is 0.750. The molecule has 0 bridgehead atoms. The van der Waals surface area contributed by atoms with Crippen LogP contribution >= 0.6 is 0 Å². The number of hydrogen-bond donors (Lipinski definition) is 0. The van der Waals surface area contributed by atoms with Gasteiger partial charge in [0.1, 0.15) is 0 Å². The van der Waals surface area contributed by atoms with Gasteiger partial charge in [-0.2, -0.15) is 13.4 Å². The molecule has 0 N–H and O–H groups in total. The van der Waals surface area contributed by atoms with Crippen molar-refractivity contribution in [2.24, 2.45) is 4.99 Å². The molecule has 10 heavy (non-hydrogen) atoms. The van der Waals surface area contributed by atoms with Crippen molar-refractivity contribution in [3.8, 4) is 0 Å². The highest BCUT2D eigenvalue weighted by atomic mass is 32.2. The van der Waals surface area contributed by atoms with E-state index in [0.717, 1.165) is 6.26 Å². The molecule has 5 nitrogen and oxygen atoms in total. The van der Waals surface area contributed by atoms with E-state index in [4.69, 9.17) is 0 Å². The maximum atomic E-state index is 10.3. The monoisotopic (exact) mass is 165 g/mol. The summed E-state index contributed by atoms with van der Waals surface area (Å²) in [4.78, 5) is 12.5. The Morgan fingerprint density at radius 3 is 2.40 bits per heavy atom. The van der Waals surface area contributed by atoms with Crippen LogP contribution in [0.5, 0.6) is 0 Å². The van der Waals surface area contributed by atoms with Crippen molar-refractivity contribution >= 4 is 16.2 Å². The van der Waals surface area contributed by atoms with Crippen molar-refractivity contribution in [3.05, 3.63) is 0 Å². The van der Waals surface area contributed by atoms with Gasteiger partial charge in [-0.1, -0.05) is 0 Å². The second-order valence-electron chi connectivity index (χ2n) is 1.62. The van der Waals surface area contributed by atoms with Gasteiger partial charge in [-0.25, -0.2) is 8.98 Å². The Bertz CT molecular complexity index is 238. The normalized spacial score (nSPS) is 13.8. The summed E-state index contributed by atoms with van der Waals surface area (Å²) in [5.41, 5.74) is 0. The minimum atomic E-state index is -3.52. The van der Waals surface area contributed by atoms with Crippen LogP contribution in [-0.4, -0.2) is 27.0 Å². The molecule has 0 aromatic carbocycles. The van der Waals surface area contributed by atoms with Gasteiger partial charge in [0.05, 0.1) is 6.26 Å². The number of nitrogens with zero attached hydrogens (tertiary/aromatic N) is 1. The molecular weight excluding hydrogens is 158 g/mol. The first-order chi connectivity index (χ1) is 4.45. The van der Waals surface area contributed by atoms with E-state index in [2.05, 4.69) is 9.18 Å². The summed E-state index contributed by atoms with van der Waals surface area (Å²) >= 11 is 0. The van der Waals surface area contributed by atoms with Crippen molar-refractivity contribution in [1.82, 2.24) is 0 Å². The molecule has 0 spiro atoms. The second-order valence-corrected chi connectivity index (χ2v) is 3.22. The van der Waals surface area contributed by atoms with Crippen molar-refractivity contribution in [2.75, 3.05) is 6.26 Å². The van der Waals surface area contributed by atoms with Gasteiger partial charge in [0.2, 0.25) is 6.08 Å². The Kier molecular flexibility index (Phi) is 3.21. The zero-order chi connectivity index (χ0) is 8.20. The minimum absolute atomic E-state index is 0.879. The molecule has 0 aliphatic carbocycles. The van der Waals surface area contributed by atoms with E-state index in [1.165, 1.54) is 13.0 Å². The molecule has 0 amide bonds. The van der Waals surface area contributed by atoms with Crippen molar-refractivity contribution in [2.45, 2.75) is 13.2 Å². The zero-order valence-electron chi connectivity index (χ0n) is 5.57. The summed E-state index contributed by atoms with van der Waals surface area (Å²) in [6.45, 7) is 1.33. The fourth-order valence-corrected chi connectivity index (χ4v) is 0.898. The highest BCUT2D eigenvalue weighted by Gasteiger charge is 2.07. The van der Waals surface area contributed by atoms with Gasteiger partial charge in [0.25, 0.3) is 10.1 Å². The third kappa shape index (κ3) is 5.43. The average Bonchev–Trinajstić information content (AvgIpc) is 1.59. The van der Waals surface area contributed by atoms with Gasteiger partial charge in [-0.05, 0) is 6.92 Å². The molecule has 0 heterocycles. The lowest BCUT2D eigenvalue weighted by molar-refractivity contribution is 0.241. The molecule has 58 valence electrons. The Hall–Kier alpha value is -0.710. The third-order valence-corrected chi connectivity index (χ3v) is 1.18. The second kappa shape index (κ2) is 3.46. The summed E-state index contributed by atoms with van der Waals surface area (Å²) in [5.74, 6) is 0. The van der Waals surface area contributed by atoms with E-state index in [1.54, 1.807) is 0 Å². The summed E-state index contributed by atoms with van der Waals surface area (Å²) in [6.07, 6.45) is 1.08. The van der Waals surface area contributed by atoms with Gasteiger partial charge < -0.3 is 0 Å². The van der Waals surface area contributed by atoms with Crippen LogP contribution in [0.4, 0.5) is 0 Å². The maximum absolute atomic E-state index is 10.3. The molecule has 0 saturated heterocycles. The maximum Gasteiger partial charge on any atom is 0.266 e. The average molecular weight is 165 g/mol. The standard InChI is InChI=1S/C4H7NO4S/c1-4(5-3-6)9-10(2,7)8/h4H,1-2H3. The topological polar surface area (TPSA) is 72.8 Å². The molecule has 0 aromatic heterocycles. The highest BCUT2D eigenvalue weighted by Crippen LogP contribution is 1.95. The molecule has 0 rings (SSSR count). The van der Waals surface area contributed by atoms with E-state index in [1.807, 2.05) is 0 Å². The molecule has 0 saturated carbocycles. The molecular formula is C4H7NO4S. The fourth-order valence-electron chi connectivity index (χ4n) is 0.349. The van der Waals surface area contributed by atoms with Gasteiger partial charge in [-0.3, -0.25) is 0 Å². The summed E-state index contributed by atoms with van der Waals surface area (Å²) < 4.78 is 24.8. The van der Waals surface area contributed by atoms with Crippen LogP contribution in [0.3, 0.4) is 0 Å². The van der Waals surface area contributed by atoms with Crippen LogP contribution in [0.1, 0.15) is 6.92 Å². The first kappa shape index (κ1) is 9.29. The number of hydrogen-bond acceptors (Lipinski definition) is 5. The summed E-state index contributed by atoms with van der Waals surface area (Å²) in [5, 5.41) is 0. The number of aliphatic imine (C=N–C) groups is 1. The summed E-state index contributed by atoms with van der Waals surface area (Å²) in [7, 11) is -3.52. The van der Waals surface area contributed by atoms with Crippen LogP contribution in [0, 0.1) is 0 Å².